The van der Waals surface area contributed by atoms with Crippen molar-refractivity contribution in [3.63, 3.8) is 0 Å². The van der Waals surface area contributed by atoms with Crippen LogP contribution in [0.3, 0.4) is 0 Å². The standard InChI is InChI=1S/C9H21N3O/c1-8(2)12(4)6-5-11-7-9(13)10-3/h8,11H,5-7H2,1-4H3,(H,10,13). The monoisotopic (exact) mass is 187 g/mol. The van der Waals surface area contributed by atoms with Crippen LogP contribution in [0.2, 0.25) is 0 Å². The molecule has 1 amide bonds. The number of hydrogen-bond donors (Lipinski definition) is 2. The van der Waals surface area contributed by atoms with Gasteiger partial charge in [-0.15, -0.1) is 0 Å². The zero-order valence-electron chi connectivity index (χ0n) is 9.05. The fraction of sp³-hybridized carbons (Fsp3) is 0.889. The van der Waals surface area contributed by atoms with Crippen molar-refractivity contribution in [3.05, 3.63) is 0 Å². The molecule has 0 radical (unpaired) electrons. The Labute approximate surface area is 80.7 Å². The zero-order chi connectivity index (χ0) is 10.3. The summed E-state index contributed by atoms with van der Waals surface area (Å²) >= 11 is 0. The average molecular weight is 187 g/mol. The number of nitrogens with zero attached hydrogens (tertiary/aromatic N) is 1. The molecule has 0 aromatic heterocycles. The minimum absolute atomic E-state index is 0.0344. The van der Waals surface area contributed by atoms with Crippen molar-refractivity contribution in [3.8, 4) is 0 Å². The molecule has 0 aromatic rings. The maximum atomic E-state index is 10.8. The van der Waals surface area contributed by atoms with Crippen molar-refractivity contribution >= 4 is 5.91 Å². The Kier molecular flexibility index (Phi) is 6.54. The van der Waals surface area contributed by atoms with Crippen molar-refractivity contribution in [2.24, 2.45) is 0 Å². The molecule has 0 unspecified atom stereocenters. The summed E-state index contributed by atoms with van der Waals surface area (Å²) in [7, 11) is 3.72. The van der Waals surface area contributed by atoms with Gasteiger partial charge in [-0.3, -0.25) is 4.79 Å². The van der Waals surface area contributed by atoms with E-state index in [1.54, 1.807) is 7.05 Å². The van der Waals surface area contributed by atoms with Crippen molar-refractivity contribution in [2.75, 3.05) is 33.7 Å². The van der Waals surface area contributed by atoms with E-state index in [4.69, 9.17) is 0 Å². The molecule has 0 saturated carbocycles. The summed E-state index contributed by atoms with van der Waals surface area (Å²) in [5.41, 5.74) is 0. The van der Waals surface area contributed by atoms with Gasteiger partial charge in [-0.2, -0.15) is 0 Å². The van der Waals surface area contributed by atoms with Gasteiger partial charge in [0.2, 0.25) is 5.91 Å². The third-order valence-electron chi connectivity index (χ3n) is 2.09. The zero-order valence-corrected chi connectivity index (χ0v) is 9.05. The molecule has 13 heavy (non-hydrogen) atoms. The third kappa shape index (κ3) is 6.54. The van der Waals surface area contributed by atoms with Crippen LogP contribution in [0, 0.1) is 0 Å². The van der Waals surface area contributed by atoms with Crippen LogP contribution < -0.4 is 10.6 Å². The summed E-state index contributed by atoms with van der Waals surface area (Å²) in [4.78, 5) is 13.0. The fourth-order valence-corrected chi connectivity index (χ4v) is 0.804. The second-order valence-corrected chi connectivity index (χ2v) is 3.42. The van der Waals surface area contributed by atoms with Gasteiger partial charge < -0.3 is 15.5 Å². The maximum Gasteiger partial charge on any atom is 0.233 e. The van der Waals surface area contributed by atoms with Gasteiger partial charge in [0.05, 0.1) is 6.54 Å². The van der Waals surface area contributed by atoms with Gasteiger partial charge in [0, 0.05) is 26.2 Å². The molecule has 0 aliphatic rings. The first kappa shape index (κ1) is 12.4. The fourth-order valence-electron chi connectivity index (χ4n) is 0.804. The lowest BCUT2D eigenvalue weighted by Gasteiger charge is -2.20. The minimum atomic E-state index is 0.0344. The van der Waals surface area contributed by atoms with Crippen molar-refractivity contribution in [1.82, 2.24) is 15.5 Å². The Balaban J connectivity index is 3.30. The molecule has 0 atom stereocenters. The number of likely N-dealkylation sites (N-methyl/N-ethyl adjacent to an activating group) is 2. The van der Waals surface area contributed by atoms with Crippen LogP contribution in [-0.4, -0.2) is 50.6 Å². The van der Waals surface area contributed by atoms with Gasteiger partial charge in [0.25, 0.3) is 0 Å². The van der Waals surface area contributed by atoms with E-state index in [-0.39, 0.29) is 5.91 Å². The van der Waals surface area contributed by atoms with Gasteiger partial charge in [-0.05, 0) is 20.9 Å². The second kappa shape index (κ2) is 6.86. The largest absolute Gasteiger partial charge is 0.358 e. The van der Waals surface area contributed by atoms with Crippen LogP contribution in [0.5, 0.6) is 0 Å². The topological polar surface area (TPSA) is 44.4 Å². The Bertz CT molecular complexity index is 148. The van der Waals surface area contributed by atoms with Gasteiger partial charge in [0.15, 0.2) is 0 Å². The van der Waals surface area contributed by atoms with Gasteiger partial charge in [-0.1, -0.05) is 0 Å². The molecule has 2 N–H and O–H groups in total. The van der Waals surface area contributed by atoms with E-state index in [0.717, 1.165) is 13.1 Å². The molecule has 0 spiro atoms. The smallest absolute Gasteiger partial charge is 0.233 e. The average Bonchev–Trinajstić information content (AvgIpc) is 2.11. The van der Waals surface area contributed by atoms with Crippen LogP contribution in [0.25, 0.3) is 0 Å². The third-order valence-corrected chi connectivity index (χ3v) is 2.09. The molecule has 0 fully saturated rings. The molecular weight excluding hydrogens is 166 g/mol. The SMILES string of the molecule is CNC(=O)CNCCN(C)C(C)C. The lowest BCUT2D eigenvalue weighted by atomic mass is 10.3. The first-order chi connectivity index (χ1) is 6.07. The predicted molar refractivity (Wildman–Crippen MR) is 54.7 cm³/mol. The van der Waals surface area contributed by atoms with E-state index in [0.29, 0.717) is 12.6 Å². The van der Waals surface area contributed by atoms with Crippen LogP contribution in [0.4, 0.5) is 0 Å². The number of carbonyl (C=O) groups is 1. The molecule has 0 saturated heterocycles. The summed E-state index contributed by atoms with van der Waals surface area (Å²) < 4.78 is 0. The van der Waals surface area contributed by atoms with Crippen LogP contribution in [-0.2, 0) is 4.79 Å². The number of amides is 1. The van der Waals surface area contributed by atoms with Crippen molar-refractivity contribution in [2.45, 2.75) is 19.9 Å². The summed E-state index contributed by atoms with van der Waals surface area (Å²) in [6, 6.07) is 0.557. The van der Waals surface area contributed by atoms with E-state index in [9.17, 15) is 4.79 Å². The Hall–Kier alpha value is -0.610. The minimum Gasteiger partial charge on any atom is -0.358 e. The predicted octanol–water partition coefficient (Wildman–Crippen LogP) is -0.338. The number of nitrogens with one attached hydrogen (secondary N) is 2. The summed E-state index contributed by atoms with van der Waals surface area (Å²) in [6.45, 7) is 6.52. The normalized spacial score (nSPS) is 10.9. The number of carbonyl (C=O) groups excluding carboxylic acids is 1. The molecule has 4 nitrogen and oxygen atoms in total. The lowest BCUT2D eigenvalue weighted by molar-refractivity contribution is -0.119. The Morgan fingerprint density at radius 3 is 2.54 bits per heavy atom. The first-order valence-electron chi connectivity index (χ1n) is 4.69. The van der Waals surface area contributed by atoms with Gasteiger partial charge in [-0.25, -0.2) is 0 Å². The Morgan fingerprint density at radius 2 is 2.08 bits per heavy atom. The van der Waals surface area contributed by atoms with Crippen LogP contribution >= 0.6 is 0 Å². The highest BCUT2D eigenvalue weighted by Gasteiger charge is 2.02. The number of hydrogen-bond acceptors (Lipinski definition) is 3. The molecular formula is C9H21N3O. The Morgan fingerprint density at radius 1 is 1.46 bits per heavy atom. The lowest BCUT2D eigenvalue weighted by Crippen LogP contribution is -2.37. The van der Waals surface area contributed by atoms with Crippen LogP contribution in [0.15, 0.2) is 0 Å². The highest BCUT2D eigenvalue weighted by atomic mass is 16.1. The van der Waals surface area contributed by atoms with E-state index >= 15 is 0 Å². The van der Waals surface area contributed by atoms with E-state index in [2.05, 4.69) is 36.4 Å². The van der Waals surface area contributed by atoms with Crippen LogP contribution in [0.1, 0.15) is 13.8 Å². The highest BCUT2D eigenvalue weighted by Crippen LogP contribution is 1.90. The second-order valence-electron chi connectivity index (χ2n) is 3.42. The molecule has 0 aliphatic carbocycles. The molecule has 0 rings (SSSR count). The van der Waals surface area contributed by atoms with Gasteiger partial charge >= 0.3 is 0 Å². The van der Waals surface area contributed by atoms with Gasteiger partial charge in [0.1, 0.15) is 0 Å². The van der Waals surface area contributed by atoms with E-state index in [1.807, 2.05) is 0 Å². The summed E-state index contributed by atoms with van der Waals surface area (Å²) in [5.74, 6) is 0.0344. The maximum absolute atomic E-state index is 10.8. The van der Waals surface area contributed by atoms with E-state index < -0.39 is 0 Å². The molecule has 0 bridgehead atoms. The van der Waals surface area contributed by atoms with Crippen molar-refractivity contribution in [1.29, 1.82) is 0 Å². The molecule has 78 valence electrons. The summed E-state index contributed by atoms with van der Waals surface area (Å²) in [6.07, 6.45) is 0. The molecule has 4 heteroatoms. The van der Waals surface area contributed by atoms with E-state index in [1.165, 1.54) is 0 Å². The summed E-state index contributed by atoms with van der Waals surface area (Å²) in [5, 5.41) is 5.63. The molecule has 0 aromatic carbocycles. The first-order valence-corrected chi connectivity index (χ1v) is 4.69. The molecule has 0 aliphatic heterocycles. The molecule has 0 heterocycles. The number of rotatable bonds is 6. The van der Waals surface area contributed by atoms with Crippen molar-refractivity contribution < 1.29 is 4.79 Å². The highest BCUT2D eigenvalue weighted by molar-refractivity contribution is 5.77. The quantitative estimate of drug-likeness (QED) is 0.559.